The maximum atomic E-state index is 12.9. The Morgan fingerprint density at radius 2 is 2.11 bits per heavy atom. The molecule has 0 aromatic carbocycles. The Bertz CT molecular complexity index is 327. The molecule has 0 bridgehead atoms. The second kappa shape index (κ2) is 6.72. The van der Waals surface area contributed by atoms with Crippen LogP contribution in [0.25, 0.3) is 0 Å². The summed E-state index contributed by atoms with van der Waals surface area (Å²) in [6.07, 6.45) is 9.06. The molecule has 110 valence electrons. The van der Waals surface area contributed by atoms with Gasteiger partial charge in [0.15, 0.2) is 0 Å². The molecule has 1 saturated heterocycles. The van der Waals surface area contributed by atoms with Crippen molar-refractivity contribution in [1.29, 1.82) is 0 Å². The zero-order valence-electron chi connectivity index (χ0n) is 12.3. The number of likely N-dealkylation sites (tertiary alicyclic amines) is 1. The van der Waals surface area contributed by atoms with E-state index >= 15 is 0 Å². The fraction of sp³-hybridized carbons (Fsp3) is 0.929. The highest BCUT2D eigenvalue weighted by Gasteiger charge is 2.47. The van der Waals surface area contributed by atoms with Crippen LogP contribution < -0.4 is 0 Å². The Labute approximate surface area is 125 Å². The molecular weight excluding hydrogens is 278 g/mol. The molecule has 1 saturated carbocycles. The molecule has 19 heavy (non-hydrogen) atoms. The molecular formula is C14H25NO2S2. The number of ether oxygens (including phenoxy) is 1. The Balaban J connectivity index is 2.15. The van der Waals surface area contributed by atoms with Crippen LogP contribution in [0.1, 0.15) is 32.6 Å². The van der Waals surface area contributed by atoms with Crippen molar-refractivity contribution < 1.29 is 9.53 Å². The normalized spacial score (nSPS) is 33.3. The predicted octanol–water partition coefficient (Wildman–Crippen LogP) is 2.84. The number of amides is 1. The third-order valence-corrected chi connectivity index (χ3v) is 6.67. The van der Waals surface area contributed by atoms with Gasteiger partial charge in [-0.2, -0.15) is 0 Å². The molecule has 0 N–H and O–H groups in total. The van der Waals surface area contributed by atoms with E-state index in [2.05, 4.69) is 11.2 Å². The molecule has 1 aliphatic heterocycles. The Morgan fingerprint density at radius 3 is 2.68 bits per heavy atom. The van der Waals surface area contributed by atoms with Gasteiger partial charge in [-0.05, 0) is 44.6 Å². The van der Waals surface area contributed by atoms with Crippen LogP contribution in [0.15, 0.2) is 0 Å². The highest BCUT2D eigenvalue weighted by atomic mass is 32.2. The van der Waals surface area contributed by atoms with Crippen LogP contribution in [-0.2, 0) is 9.53 Å². The van der Waals surface area contributed by atoms with E-state index in [1.807, 2.05) is 24.9 Å². The molecule has 1 heterocycles. The number of rotatable bonds is 5. The maximum Gasteiger partial charge on any atom is 0.239 e. The first-order chi connectivity index (χ1) is 9.13. The van der Waals surface area contributed by atoms with Crippen LogP contribution >= 0.6 is 23.5 Å². The predicted molar refractivity (Wildman–Crippen MR) is 83.7 cm³/mol. The summed E-state index contributed by atoms with van der Waals surface area (Å²) in [6, 6.07) is 0.489. The maximum absolute atomic E-state index is 12.9. The zero-order valence-corrected chi connectivity index (χ0v) is 13.9. The quantitative estimate of drug-likeness (QED) is 0.781. The minimum atomic E-state index is -0.0704. The Hall–Kier alpha value is 0.130. The van der Waals surface area contributed by atoms with E-state index in [4.69, 9.17) is 4.74 Å². The number of fused-ring (bicyclic) bond motifs is 1. The highest BCUT2D eigenvalue weighted by Crippen LogP contribution is 2.44. The van der Waals surface area contributed by atoms with Gasteiger partial charge in [0.25, 0.3) is 0 Å². The van der Waals surface area contributed by atoms with E-state index in [9.17, 15) is 4.79 Å². The molecule has 5 heteroatoms. The van der Waals surface area contributed by atoms with E-state index in [0.29, 0.717) is 11.4 Å². The average molecular weight is 303 g/mol. The van der Waals surface area contributed by atoms with Gasteiger partial charge in [-0.15, -0.1) is 23.5 Å². The van der Waals surface area contributed by atoms with Crippen molar-refractivity contribution in [2.75, 3.05) is 19.6 Å². The van der Waals surface area contributed by atoms with Crippen molar-refractivity contribution in [3.8, 4) is 0 Å². The van der Waals surface area contributed by atoms with Crippen LogP contribution in [0.4, 0.5) is 0 Å². The minimum Gasteiger partial charge on any atom is -0.380 e. The van der Waals surface area contributed by atoms with Gasteiger partial charge in [0, 0.05) is 13.2 Å². The van der Waals surface area contributed by atoms with Gasteiger partial charge in [0.2, 0.25) is 5.91 Å². The van der Waals surface area contributed by atoms with Gasteiger partial charge in [-0.3, -0.25) is 4.79 Å². The number of nitrogens with zero attached hydrogens (tertiary/aromatic N) is 1. The van der Waals surface area contributed by atoms with Crippen molar-refractivity contribution in [1.82, 2.24) is 4.90 Å². The summed E-state index contributed by atoms with van der Waals surface area (Å²) in [6.45, 7) is 2.00. The number of thioether (sulfide) groups is 2. The van der Waals surface area contributed by atoms with Crippen LogP contribution in [0.3, 0.4) is 0 Å². The standard InChI is InChI=1S/C14H25NO2S2/c1-9(17-2)13(19-4)14(16)15-11-7-5-6-10(11)8-12(15)18-3/h9-13H,5-8H2,1-4H3/t9?,10?,11?,12-,13?/m1/s1. The topological polar surface area (TPSA) is 29.5 Å². The third kappa shape index (κ3) is 2.93. The molecule has 4 unspecified atom stereocenters. The van der Waals surface area contributed by atoms with Gasteiger partial charge in [-0.25, -0.2) is 0 Å². The molecule has 2 aliphatic rings. The van der Waals surface area contributed by atoms with Crippen LogP contribution in [0, 0.1) is 5.92 Å². The monoisotopic (exact) mass is 303 g/mol. The lowest BCUT2D eigenvalue weighted by atomic mass is 10.0. The second-order valence-electron chi connectivity index (χ2n) is 5.53. The summed E-state index contributed by atoms with van der Waals surface area (Å²) < 4.78 is 5.39. The highest BCUT2D eigenvalue weighted by molar-refractivity contribution is 8.00. The fourth-order valence-corrected chi connectivity index (χ4v) is 5.27. The van der Waals surface area contributed by atoms with Gasteiger partial charge in [0.05, 0.1) is 11.5 Å². The Kier molecular flexibility index (Phi) is 5.49. The molecule has 0 aromatic rings. The molecule has 3 nitrogen and oxygen atoms in total. The molecule has 2 rings (SSSR count). The zero-order chi connectivity index (χ0) is 14.0. The van der Waals surface area contributed by atoms with E-state index < -0.39 is 0 Å². The van der Waals surface area contributed by atoms with E-state index in [-0.39, 0.29) is 17.3 Å². The number of carbonyl (C=O) groups excluding carboxylic acids is 1. The van der Waals surface area contributed by atoms with E-state index in [0.717, 1.165) is 5.92 Å². The number of methoxy groups -OCH3 is 1. The van der Waals surface area contributed by atoms with Crippen molar-refractivity contribution >= 4 is 29.4 Å². The summed E-state index contributed by atoms with van der Waals surface area (Å²) in [7, 11) is 1.69. The summed E-state index contributed by atoms with van der Waals surface area (Å²) in [5.41, 5.74) is 0. The SMILES string of the molecule is COC(C)C(SC)C(=O)N1C2CCCC2C[C@H]1SC. The number of hydrogen-bond donors (Lipinski definition) is 0. The molecule has 0 spiro atoms. The molecule has 0 radical (unpaired) electrons. The lowest BCUT2D eigenvalue weighted by Gasteiger charge is -2.33. The Morgan fingerprint density at radius 1 is 1.37 bits per heavy atom. The summed E-state index contributed by atoms with van der Waals surface area (Å²) in [5.74, 6) is 1.03. The molecule has 1 aliphatic carbocycles. The largest absolute Gasteiger partial charge is 0.380 e. The third-order valence-electron chi connectivity index (χ3n) is 4.61. The van der Waals surface area contributed by atoms with Crippen molar-refractivity contribution in [2.24, 2.45) is 5.92 Å². The van der Waals surface area contributed by atoms with Gasteiger partial charge < -0.3 is 9.64 Å². The lowest BCUT2D eigenvalue weighted by Crippen LogP contribution is -2.47. The minimum absolute atomic E-state index is 0.0227. The van der Waals surface area contributed by atoms with Crippen molar-refractivity contribution in [2.45, 2.75) is 55.4 Å². The smallest absolute Gasteiger partial charge is 0.239 e. The second-order valence-corrected chi connectivity index (χ2v) is 7.52. The number of carbonyl (C=O) groups is 1. The average Bonchev–Trinajstić information content (AvgIpc) is 2.98. The van der Waals surface area contributed by atoms with Gasteiger partial charge in [-0.1, -0.05) is 6.42 Å². The van der Waals surface area contributed by atoms with Crippen molar-refractivity contribution in [3.05, 3.63) is 0 Å². The van der Waals surface area contributed by atoms with E-state index in [1.54, 1.807) is 18.9 Å². The molecule has 1 amide bonds. The van der Waals surface area contributed by atoms with E-state index in [1.165, 1.54) is 25.7 Å². The molecule has 2 fully saturated rings. The van der Waals surface area contributed by atoms with Crippen LogP contribution in [0.2, 0.25) is 0 Å². The fourth-order valence-electron chi connectivity index (χ4n) is 3.52. The van der Waals surface area contributed by atoms with Crippen molar-refractivity contribution in [3.63, 3.8) is 0 Å². The molecule has 0 aromatic heterocycles. The first-order valence-corrected chi connectivity index (χ1v) is 9.62. The first kappa shape index (κ1) is 15.5. The lowest BCUT2D eigenvalue weighted by molar-refractivity contribution is -0.134. The molecule has 5 atom stereocenters. The first-order valence-electron chi connectivity index (χ1n) is 7.04. The van der Waals surface area contributed by atoms with Crippen LogP contribution in [0.5, 0.6) is 0 Å². The van der Waals surface area contributed by atoms with Gasteiger partial charge in [0.1, 0.15) is 5.25 Å². The number of hydrogen-bond acceptors (Lipinski definition) is 4. The summed E-state index contributed by atoms with van der Waals surface area (Å²) >= 11 is 3.45. The summed E-state index contributed by atoms with van der Waals surface area (Å²) in [4.78, 5) is 15.1. The summed E-state index contributed by atoms with van der Waals surface area (Å²) in [5, 5.41) is 0.306. The van der Waals surface area contributed by atoms with Gasteiger partial charge >= 0.3 is 0 Å². The van der Waals surface area contributed by atoms with Crippen LogP contribution in [-0.4, -0.2) is 53.2 Å².